The first-order valence-electron chi connectivity index (χ1n) is 11.4. The Hall–Kier alpha value is -3.85. The molecule has 1 aliphatic heterocycles. The Bertz CT molecular complexity index is 1210. The zero-order valence-electron chi connectivity index (χ0n) is 18.6. The Labute approximate surface area is 195 Å². The number of carbonyl (C=O) groups excluding carboxylic acids is 1. The van der Waals surface area contributed by atoms with Gasteiger partial charge in [-0.2, -0.15) is 0 Å². The number of carbonyl (C=O) groups is 1. The summed E-state index contributed by atoms with van der Waals surface area (Å²) in [5, 5.41) is 0. The van der Waals surface area contributed by atoms with Crippen molar-refractivity contribution in [3.05, 3.63) is 143 Å². The molecule has 5 rings (SSSR count). The van der Waals surface area contributed by atoms with Gasteiger partial charge in [0.05, 0.1) is 0 Å². The quantitative estimate of drug-likeness (QED) is 0.366. The standard InChI is InChI=1S/C30H27NO2/c32-29(33-23-25-14-6-2-7-15-25)31-21-20-26-16-10-11-19-28(26)30(31,27-17-8-3-9-18-27)22-24-12-4-1-5-13-24/h1-19H,20-23H2/t30-/m0/s1. The van der Waals surface area contributed by atoms with E-state index in [1.165, 1.54) is 16.7 Å². The number of nitrogens with zero attached hydrogens (tertiary/aromatic N) is 1. The van der Waals surface area contributed by atoms with E-state index in [2.05, 4.69) is 60.7 Å². The third-order valence-electron chi connectivity index (χ3n) is 6.51. The van der Waals surface area contributed by atoms with Gasteiger partial charge in [-0.05, 0) is 34.2 Å². The van der Waals surface area contributed by atoms with Gasteiger partial charge in [-0.3, -0.25) is 4.90 Å². The molecule has 0 saturated carbocycles. The van der Waals surface area contributed by atoms with Gasteiger partial charge >= 0.3 is 6.09 Å². The van der Waals surface area contributed by atoms with Crippen molar-refractivity contribution in [3.63, 3.8) is 0 Å². The summed E-state index contributed by atoms with van der Waals surface area (Å²) in [6, 6.07) is 39.1. The summed E-state index contributed by atoms with van der Waals surface area (Å²) in [6.07, 6.45) is 1.20. The maximum Gasteiger partial charge on any atom is 0.411 e. The molecular weight excluding hydrogens is 406 g/mol. The first-order valence-corrected chi connectivity index (χ1v) is 11.4. The molecule has 0 aromatic heterocycles. The predicted octanol–water partition coefficient (Wildman–Crippen LogP) is 6.37. The van der Waals surface area contributed by atoms with Crippen LogP contribution in [0.1, 0.15) is 27.8 Å². The highest BCUT2D eigenvalue weighted by Gasteiger charge is 2.47. The number of hydrogen-bond donors (Lipinski definition) is 0. The van der Waals surface area contributed by atoms with E-state index in [9.17, 15) is 4.79 Å². The molecule has 0 saturated heterocycles. The van der Waals surface area contributed by atoms with Gasteiger partial charge in [0.1, 0.15) is 12.1 Å². The zero-order valence-corrected chi connectivity index (χ0v) is 18.6. The molecule has 1 heterocycles. The van der Waals surface area contributed by atoms with Crippen LogP contribution in [0.5, 0.6) is 0 Å². The molecule has 0 aliphatic carbocycles. The average molecular weight is 434 g/mol. The topological polar surface area (TPSA) is 29.5 Å². The molecular formula is C30H27NO2. The smallest absolute Gasteiger partial charge is 0.411 e. The SMILES string of the molecule is O=C(OCc1ccccc1)N1CCc2ccccc2[C@]1(Cc1ccccc1)c1ccccc1. The van der Waals surface area contributed by atoms with Gasteiger partial charge < -0.3 is 4.74 Å². The van der Waals surface area contributed by atoms with E-state index in [1.807, 2.05) is 59.5 Å². The molecule has 1 amide bonds. The molecule has 3 heteroatoms. The fourth-order valence-corrected chi connectivity index (χ4v) is 4.96. The van der Waals surface area contributed by atoms with Crippen molar-refractivity contribution in [1.82, 2.24) is 4.90 Å². The summed E-state index contributed by atoms with van der Waals surface area (Å²) >= 11 is 0. The molecule has 4 aromatic rings. The van der Waals surface area contributed by atoms with Gasteiger partial charge in [0.25, 0.3) is 0 Å². The normalized spacial score (nSPS) is 17.3. The molecule has 1 atom stereocenters. The Kier molecular flexibility index (Phi) is 5.95. The van der Waals surface area contributed by atoms with Crippen LogP contribution in [0.4, 0.5) is 4.79 Å². The number of fused-ring (bicyclic) bond motifs is 1. The molecule has 164 valence electrons. The maximum absolute atomic E-state index is 13.7. The summed E-state index contributed by atoms with van der Waals surface area (Å²) in [6.45, 7) is 0.861. The second kappa shape index (κ2) is 9.33. The van der Waals surface area contributed by atoms with E-state index in [0.717, 1.165) is 17.5 Å². The lowest BCUT2D eigenvalue weighted by Gasteiger charge is -2.48. The van der Waals surface area contributed by atoms with Gasteiger partial charge in [-0.1, -0.05) is 115 Å². The molecule has 0 spiro atoms. The molecule has 0 bridgehead atoms. The van der Waals surface area contributed by atoms with E-state index < -0.39 is 5.54 Å². The zero-order chi connectivity index (χ0) is 22.5. The van der Waals surface area contributed by atoms with Crippen LogP contribution in [0.25, 0.3) is 0 Å². The maximum atomic E-state index is 13.7. The number of ether oxygens (including phenoxy) is 1. The first kappa shape index (κ1) is 21.0. The average Bonchev–Trinajstić information content (AvgIpc) is 2.89. The van der Waals surface area contributed by atoms with Crippen molar-refractivity contribution in [2.24, 2.45) is 0 Å². The Morgan fingerprint density at radius 1 is 0.727 bits per heavy atom. The van der Waals surface area contributed by atoms with Crippen LogP contribution in [-0.2, 0) is 29.7 Å². The van der Waals surface area contributed by atoms with Crippen LogP contribution < -0.4 is 0 Å². The third kappa shape index (κ3) is 4.14. The Morgan fingerprint density at radius 2 is 1.30 bits per heavy atom. The minimum atomic E-state index is -0.648. The summed E-state index contributed by atoms with van der Waals surface area (Å²) in [5.41, 5.74) is 5.06. The number of rotatable bonds is 5. The minimum Gasteiger partial charge on any atom is -0.445 e. The molecule has 0 unspecified atom stereocenters. The lowest BCUT2D eigenvalue weighted by molar-refractivity contribution is 0.0523. The van der Waals surface area contributed by atoms with Gasteiger partial charge in [0, 0.05) is 13.0 Å². The highest BCUT2D eigenvalue weighted by Crippen LogP contribution is 2.44. The first-order chi connectivity index (χ1) is 16.3. The van der Waals surface area contributed by atoms with Gasteiger partial charge in [-0.15, -0.1) is 0 Å². The van der Waals surface area contributed by atoms with Gasteiger partial charge in [0.2, 0.25) is 0 Å². The van der Waals surface area contributed by atoms with Crippen LogP contribution in [0, 0.1) is 0 Å². The second-order valence-corrected chi connectivity index (χ2v) is 8.49. The highest BCUT2D eigenvalue weighted by atomic mass is 16.6. The predicted molar refractivity (Wildman–Crippen MR) is 131 cm³/mol. The summed E-state index contributed by atoms with van der Waals surface area (Å²) in [4.78, 5) is 15.6. The van der Waals surface area contributed by atoms with Crippen LogP contribution in [0.2, 0.25) is 0 Å². The van der Waals surface area contributed by atoms with E-state index in [-0.39, 0.29) is 12.7 Å². The fraction of sp³-hybridized carbons (Fsp3) is 0.167. The van der Waals surface area contributed by atoms with Gasteiger partial charge in [0.15, 0.2) is 0 Å². The number of benzene rings is 4. The lowest BCUT2D eigenvalue weighted by atomic mass is 9.72. The number of amides is 1. The Morgan fingerprint density at radius 3 is 2.00 bits per heavy atom. The van der Waals surface area contributed by atoms with E-state index >= 15 is 0 Å². The van der Waals surface area contributed by atoms with Gasteiger partial charge in [-0.25, -0.2) is 4.79 Å². The lowest BCUT2D eigenvalue weighted by Crippen LogP contribution is -2.55. The van der Waals surface area contributed by atoms with Crippen LogP contribution in [0.15, 0.2) is 115 Å². The van der Waals surface area contributed by atoms with E-state index in [1.54, 1.807) is 0 Å². The van der Waals surface area contributed by atoms with Crippen molar-refractivity contribution in [3.8, 4) is 0 Å². The molecule has 1 aliphatic rings. The van der Waals surface area contributed by atoms with Crippen molar-refractivity contribution in [1.29, 1.82) is 0 Å². The van der Waals surface area contributed by atoms with Crippen molar-refractivity contribution < 1.29 is 9.53 Å². The van der Waals surface area contributed by atoms with Crippen LogP contribution in [-0.4, -0.2) is 17.5 Å². The third-order valence-corrected chi connectivity index (χ3v) is 6.51. The summed E-state index contributed by atoms with van der Waals surface area (Å²) < 4.78 is 5.88. The minimum absolute atomic E-state index is 0.258. The van der Waals surface area contributed by atoms with Crippen LogP contribution >= 0.6 is 0 Å². The van der Waals surface area contributed by atoms with E-state index in [0.29, 0.717) is 13.0 Å². The Balaban J connectivity index is 1.61. The van der Waals surface area contributed by atoms with Crippen LogP contribution in [0.3, 0.4) is 0 Å². The summed E-state index contributed by atoms with van der Waals surface area (Å²) in [7, 11) is 0. The monoisotopic (exact) mass is 433 g/mol. The molecule has 0 N–H and O–H groups in total. The molecule has 4 aromatic carbocycles. The largest absolute Gasteiger partial charge is 0.445 e. The van der Waals surface area contributed by atoms with E-state index in [4.69, 9.17) is 4.74 Å². The number of hydrogen-bond acceptors (Lipinski definition) is 2. The fourth-order valence-electron chi connectivity index (χ4n) is 4.96. The highest BCUT2D eigenvalue weighted by molar-refractivity contribution is 5.72. The molecule has 33 heavy (non-hydrogen) atoms. The molecule has 0 radical (unpaired) electrons. The second-order valence-electron chi connectivity index (χ2n) is 8.49. The molecule has 3 nitrogen and oxygen atoms in total. The van der Waals surface area contributed by atoms with Crippen molar-refractivity contribution >= 4 is 6.09 Å². The van der Waals surface area contributed by atoms with Crippen molar-refractivity contribution in [2.45, 2.75) is 25.0 Å². The molecule has 0 fully saturated rings. The van der Waals surface area contributed by atoms with Crippen molar-refractivity contribution in [2.75, 3.05) is 6.54 Å². The summed E-state index contributed by atoms with van der Waals surface area (Å²) in [5.74, 6) is 0.